The molecule has 2 N–H and O–H groups in total. The molecule has 5 heteroatoms. The average molecular weight is 186 g/mol. The van der Waals surface area contributed by atoms with Crippen molar-refractivity contribution in [3.8, 4) is 0 Å². The highest BCUT2D eigenvalue weighted by molar-refractivity contribution is 5.84. The molecule has 1 aliphatic rings. The normalized spacial score (nSPS) is 27.2. The number of rotatable bonds is 2. The second kappa shape index (κ2) is 3.74. The van der Waals surface area contributed by atoms with Crippen LogP contribution >= 0.6 is 0 Å². The van der Waals surface area contributed by atoms with Crippen LogP contribution in [0.15, 0.2) is 0 Å². The number of carboxylic acids is 1. The van der Waals surface area contributed by atoms with E-state index < -0.39 is 12.0 Å². The van der Waals surface area contributed by atoms with Crippen molar-refractivity contribution in [2.45, 2.75) is 24.9 Å². The number of nitrogens with zero attached hydrogens (tertiary/aromatic N) is 1. The fraction of sp³-hybridized carbons (Fsp3) is 0.750. The molecule has 5 nitrogen and oxygen atoms in total. The number of nitrogens with one attached hydrogen (secondary N) is 1. The molecule has 1 fully saturated rings. The Bertz CT molecular complexity index is 227. The van der Waals surface area contributed by atoms with Crippen LogP contribution in [0.2, 0.25) is 0 Å². The third kappa shape index (κ3) is 2.18. The first-order valence-electron chi connectivity index (χ1n) is 4.22. The molecular formula is C8H14N2O3. The van der Waals surface area contributed by atoms with Crippen LogP contribution in [0.25, 0.3) is 0 Å². The van der Waals surface area contributed by atoms with E-state index in [2.05, 4.69) is 5.32 Å². The van der Waals surface area contributed by atoms with Crippen LogP contribution in [-0.4, -0.2) is 48.1 Å². The maximum atomic E-state index is 11.4. The second-order valence-electron chi connectivity index (χ2n) is 3.42. The van der Waals surface area contributed by atoms with E-state index in [9.17, 15) is 9.59 Å². The number of aliphatic carboxylic acids is 1. The van der Waals surface area contributed by atoms with Gasteiger partial charge in [-0.1, -0.05) is 0 Å². The Morgan fingerprint density at radius 3 is 2.23 bits per heavy atom. The van der Waals surface area contributed by atoms with Crippen LogP contribution in [0.1, 0.15) is 12.8 Å². The van der Waals surface area contributed by atoms with Gasteiger partial charge < -0.3 is 10.0 Å². The molecule has 0 unspecified atom stereocenters. The molecule has 1 saturated heterocycles. The van der Waals surface area contributed by atoms with Crippen molar-refractivity contribution in [1.82, 2.24) is 10.2 Å². The summed E-state index contributed by atoms with van der Waals surface area (Å²) in [5, 5.41) is 11.4. The highest BCUT2D eigenvalue weighted by atomic mass is 16.4. The minimum absolute atomic E-state index is 0.0521. The molecule has 0 aromatic heterocycles. The van der Waals surface area contributed by atoms with Gasteiger partial charge in [0.1, 0.15) is 6.04 Å². The van der Waals surface area contributed by atoms with Crippen molar-refractivity contribution in [2.75, 3.05) is 14.1 Å². The minimum atomic E-state index is -0.881. The summed E-state index contributed by atoms with van der Waals surface area (Å²) in [6, 6.07) is -0.884. The van der Waals surface area contributed by atoms with Gasteiger partial charge in [0.25, 0.3) is 0 Å². The molecule has 1 rings (SSSR count). The Labute approximate surface area is 76.7 Å². The molecule has 0 aliphatic carbocycles. The van der Waals surface area contributed by atoms with E-state index >= 15 is 0 Å². The van der Waals surface area contributed by atoms with Gasteiger partial charge in [0.2, 0.25) is 5.91 Å². The van der Waals surface area contributed by atoms with Crippen molar-refractivity contribution in [2.24, 2.45) is 0 Å². The Morgan fingerprint density at radius 2 is 1.85 bits per heavy atom. The summed E-state index contributed by atoms with van der Waals surface area (Å²) in [5.74, 6) is -0.933. The van der Waals surface area contributed by atoms with Crippen LogP contribution < -0.4 is 5.32 Å². The fourth-order valence-electron chi connectivity index (χ4n) is 1.44. The summed E-state index contributed by atoms with van der Waals surface area (Å²) in [5.41, 5.74) is 0. The van der Waals surface area contributed by atoms with Crippen LogP contribution in [0.3, 0.4) is 0 Å². The summed E-state index contributed by atoms with van der Waals surface area (Å²) >= 11 is 0. The number of carbonyl (C=O) groups excluding carboxylic acids is 1. The molecule has 0 aromatic rings. The van der Waals surface area contributed by atoms with Gasteiger partial charge >= 0.3 is 5.97 Å². The summed E-state index contributed by atoms with van der Waals surface area (Å²) in [6.45, 7) is 0. The molecule has 0 spiro atoms. The molecule has 1 amide bonds. The van der Waals surface area contributed by atoms with Crippen molar-refractivity contribution >= 4 is 11.9 Å². The number of carboxylic acid groups (broad SMARTS) is 1. The maximum absolute atomic E-state index is 11.4. The first-order valence-corrected chi connectivity index (χ1v) is 4.22. The highest BCUT2D eigenvalue weighted by Crippen LogP contribution is 2.13. The number of hydrogen-bond donors (Lipinski definition) is 2. The smallest absolute Gasteiger partial charge is 0.320 e. The van der Waals surface area contributed by atoms with Gasteiger partial charge in [0, 0.05) is 14.1 Å². The van der Waals surface area contributed by atoms with E-state index in [0.717, 1.165) is 0 Å². The van der Waals surface area contributed by atoms with Gasteiger partial charge in [-0.15, -0.1) is 0 Å². The number of likely N-dealkylation sites (N-methyl/N-ethyl adjacent to an activating group) is 1. The van der Waals surface area contributed by atoms with E-state index in [1.165, 1.54) is 4.90 Å². The molecule has 0 aromatic carbocycles. The summed E-state index contributed by atoms with van der Waals surface area (Å²) < 4.78 is 0. The number of carbonyl (C=O) groups is 2. The summed E-state index contributed by atoms with van der Waals surface area (Å²) in [6.07, 6.45) is 1.13. The highest BCUT2D eigenvalue weighted by Gasteiger charge is 2.33. The first kappa shape index (κ1) is 9.98. The molecule has 0 radical (unpaired) electrons. The van der Waals surface area contributed by atoms with Gasteiger partial charge in [0.05, 0.1) is 6.04 Å². The van der Waals surface area contributed by atoms with E-state index in [0.29, 0.717) is 12.8 Å². The first-order chi connectivity index (χ1) is 6.02. The monoisotopic (exact) mass is 186 g/mol. The number of amides is 1. The lowest BCUT2D eigenvalue weighted by molar-refractivity contribution is -0.139. The van der Waals surface area contributed by atoms with Crippen molar-refractivity contribution < 1.29 is 14.7 Å². The van der Waals surface area contributed by atoms with Crippen molar-refractivity contribution in [1.29, 1.82) is 0 Å². The standard InChI is InChI=1S/C8H14N2O3/c1-10(2)7(11)5-3-4-6(9-5)8(12)13/h5-6,9H,3-4H2,1-2H3,(H,12,13)/t5-,6-/m0/s1. The van der Waals surface area contributed by atoms with E-state index in [1.807, 2.05) is 0 Å². The molecule has 2 atom stereocenters. The molecule has 1 heterocycles. The predicted molar refractivity (Wildman–Crippen MR) is 46.3 cm³/mol. The fourth-order valence-corrected chi connectivity index (χ4v) is 1.44. The largest absolute Gasteiger partial charge is 0.480 e. The van der Waals surface area contributed by atoms with Crippen LogP contribution in [0.5, 0.6) is 0 Å². The Hall–Kier alpha value is -1.10. The van der Waals surface area contributed by atoms with E-state index in [1.54, 1.807) is 14.1 Å². The lowest BCUT2D eigenvalue weighted by atomic mass is 10.2. The second-order valence-corrected chi connectivity index (χ2v) is 3.42. The lowest BCUT2D eigenvalue weighted by Gasteiger charge is -2.16. The van der Waals surface area contributed by atoms with Gasteiger partial charge in [0.15, 0.2) is 0 Å². The average Bonchev–Trinajstić information content (AvgIpc) is 2.50. The summed E-state index contributed by atoms with van der Waals surface area (Å²) in [7, 11) is 3.33. The zero-order valence-electron chi connectivity index (χ0n) is 7.78. The van der Waals surface area contributed by atoms with E-state index in [4.69, 9.17) is 5.11 Å². The van der Waals surface area contributed by atoms with Gasteiger partial charge in [-0.25, -0.2) is 0 Å². The van der Waals surface area contributed by atoms with Crippen molar-refractivity contribution in [3.63, 3.8) is 0 Å². The van der Waals surface area contributed by atoms with Crippen LogP contribution in [0.4, 0.5) is 0 Å². The van der Waals surface area contributed by atoms with Gasteiger partial charge in [-0.3, -0.25) is 14.9 Å². The van der Waals surface area contributed by atoms with Crippen LogP contribution in [-0.2, 0) is 9.59 Å². The Kier molecular flexibility index (Phi) is 2.87. The van der Waals surface area contributed by atoms with Gasteiger partial charge in [-0.2, -0.15) is 0 Å². The molecule has 0 bridgehead atoms. The zero-order valence-corrected chi connectivity index (χ0v) is 7.78. The third-order valence-electron chi connectivity index (χ3n) is 2.18. The molecule has 74 valence electrons. The quantitative estimate of drug-likeness (QED) is 0.597. The Balaban J connectivity index is 2.50. The summed E-state index contributed by atoms with van der Waals surface area (Å²) in [4.78, 5) is 23.4. The van der Waals surface area contributed by atoms with E-state index in [-0.39, 0.29) is 11.9 Å². The molecule has 1 aliphatic heterocycles. The predicted octanol–water partition coefficient (Wildman–Crippen LogP) is -0.720. The maximum Gasteiger partial charge on any atom is 0.320 e. The number of hydrogen-bond acceptors (Lipinski definition) is 3. The van der Waals surface area contributed by atoms with Gasteiger partial charge in [-0.05, 0) is 12.8 Å². The zero-order chi connectivity index (χ0) is 10.0. The Morgan fingerprint density at radius 1 is 1.31 bits per heavy atom. The molecular weight excluding hydrogens is 172 g/mol. The SMILES string of the molecule is CN(C)C(=O)[C@@H]1CC[C@@H](C(=O)O)N1. The third-order valence-corrected chi connectivity index (χ3v) is 2.18. The van der Waals surface area contributed by atoms with Crippen molar-refractivity contribution in [3.05, 3.63) is 0 Å². The lowest BCUT2D eigenvalue weighted by Crippen LogP contribution is -2.44. The minimum Gasteiger partial charge on any atom is -0.480 e. The molecule has 13 heavy (non-hydrogen) atoms. The topological polar surface area (TPSA) is 69.6 Å². The molecule has 0 saturated carbocycles. The van der Waals surface area contributed by atoms with Crippen LogP contribution in [0, 0.1) is 0 Å².